The Kier molecular flexibility index (Phi) is 5.73. The number of rotatable bonds is 6. The molecule has 156 valence electrons. The zero-order chi connectivity index (χ0) is 22.0. The van der Waals surface area contributed by atoms with Gasteiger partial charge in [-0.3, -0.25) is 9.59 Å². The molecule has 0 saturated carbocycles. The van der Waals surface area contributed by atoms with Crippen molar-refractivity contribution in [2.24, 2.45) is 0 Å². The van der Waals surface area contributed by atoms with Crippen LogP contribution in [0.3, 0.4) is 0 Å². The molecule has 31 heavy (non-hydrogen) atoms. The van der Waals surface area contributed by atoms with Crippen molar-refractivity contribution in [1.82, 2.24) is 0 Å². The van der Waals surface area contributed by atoms with Gasteiger partial charge in [0.2, 0.25) is 11.2 Å². The van der Waals surface area contributed by atoms with Gasteiger partial charge < -0.3 is 13.9 Å². The van der Waals surface area contributed by atoms with E-state index in [0.29, 0.717) is 21.9 Å². The van der Waals surface area contributed by atoms with Crippen molar-refractivity contribution >= 4 is 28.4 Å². The zero-order valence-electron chi connectivity index (χ0n) is 16.4. The first kappa shape index (κ1) is 20.6. The Morgan fingerprint density at radius 1 is 1.03 bits per heavy atom. The highest BCUT2D eigenvalue weighted by molar-refractivity contribution is 6.31. The molecule has 4 aromatic rings. The lowest BCUT2D eigenvalue weighted by Gasteiger charge is -2.12. The molecule has 0 aliphatic rings. The van der Waals surface area contributed by atoms with Gasteiger partial charge in [-0.1, -0.05) is 11.6 Å². The summed E-state index contributed by atoms with van der Waals surface area (Å²) >= 11 is 6.03. The molecular weight excluding hydrogens is 423 g/mol. The minimum absolute atomic E-state index is 0.115. The molecule has 0 unspecified atom stereocenters. The molecule has 0 amide bonds. The number of carbonyl (C=O) groups excluding carboxylic acids is 1. The maximum atomic E-state index is 13.2. The normalized spacial score (nSPS) is 10.8. The molecule has 3 aromatic carbocycles. The molecule has 0 saturated heterocycles. The topological polar surface area (TPSA) is 65.7 Å². The van der Waals surface area contributed by atoms with Crippen LogP contribution in [0.4, 0.5) is 4.39 Å². The average Bonchev–Trinajstić information content (AvgIpc) is 2.79. The predicted molar refractivity (Wildman–Crippen MR) is 116 cm³/mol. The van der Waals surface area contributed by atoms with E-state index in [1.165, 1.54) is 30.3 Å². The van der Waals surface area contributed by atoms with Crippen molar-refractivity contribution in [3.05, 3.63) is 93.4 Å². The Bertz CT molecular complexity index is 1310. The van der Waals surface area contributed by atoms with E-state index >= 15 is 0 Å². The average molecular weight is 439 g/mol. The van der Waals surface area contributed by atoms with Crippen LogP contribution < -0.4 is 14.9 Å². The van der Waals surface area contributed by atoms with E-state index in [1.54, 1.807) is 43.5 Å². The van der Waals surface area contributed by atoms with Gasteiger partial charge in [0.05, 0.1) is 12.5 Å². The van der Waals surface area contributed by atoms with Gasteiger partial charge in [-0.15, -0.1) is 0 Å². The van der Waals surface area contributed by atoms with E-state index in [2.05, 4.69) is 0 Å². The standard InChI is InChI=1S/C24H16ClFO5/c1-29-18-9-4-15(5-10-18)23-24(22(28)19-12-16(25)6-11-21(19)31-23)30-13-20(27)14-2-7-17(26)8-3-14/h2-12H,13H2,1H3. The highest BCUT2D eigenvalue weighted by Crippen LogP contribution is 2.32. The van der Waals surface area contributed by atoms with Crippen LogP contribution in [0.25, 0.3) is 22.3 Å². The fourth-order valence-corrected chi connectivity index (χ4v) is 3.24. The van der Waals surface area contributed by atoms with Crippen molar-refractivity contribution in [3.63, 3.8) is 0 Å². The maximum absolute atomic E-state index is 13.2. The second-order valence-electron chi connectivity index (χ2n) is 6.68. The molecule has 5 nitrogen and oxygen atoms in total. The summed E-state index contributed by atoms with van der Waals surface area (Å²) in [5.74, 6) is -0.171. The third-order valence-electron chi connectivity index (χ3n) is 4.68. The third kappa shape index (κ3) is 4.29. The highest BCUT2D eigenvalue weighted by atomic mass is 35.5. The summed E-state index contributed by atoms with van der Waals surface area (Å²) in [6.45, 7) is -0.425. The number of ether oxygens (including phenoxy) is 2. The fraction of sp³-hybridized carbons (Fsp3) is 0.0833. The van der Waals surface area contributed by atoms with Crippen LogP contribution >= 0.6 is 11.6 Å². The molecule has 0 radical (unpaired) electrons. The minimum Gasteiger partial charge on any atom is -0.497 e. The van der Waals surface area contributed by atoms with Crippen molar-refractivity contribution in [3.8, 4) is 22.8 Å². The molecule has 0 N–H and O–H groups in total. The second-order valence-corrected chi connectivity index (χ2v) is 7.11. The lowest BCUT2D eigenvalue weighted by atomic mass is 10.1. The number of hydrogen-bond donors (Lipinski definition) is 0. The van der Waals surface area contributed by atoms with Gasteiger partial charge in [-0.25, -0.2) is 4.39 Å². The largest absolute Gasteiger partial charge is 0.497 e. The van der Waals surface area contributed by atoms with E-state index in [1.807, 2.05) is 0 Å². The van der Waals surface area contributed by atoms with Crippen LogP contribution in [0.2, 0.25) is 5.02 Å². The number of halogens is 2. The van der Waals surface area contributed by atoms with Gasteiger partial charge in [-0.2, -0.15) is 0 Å². The summed E-state index contributed by atoms with van der Waals surface area (Å²) in [6, 6.07) is 16.6. The van der Waals surface area contributed by atoms with Crippen molar-refractivity contribution < 1.29 is 23.1 Å². The lowest BCUT2D eigenvalue weighted by molar-refractivity contribution is 0.0920. The van der Waals surface area contributed by atoms with Crippen LogP contribution in [0.1, 0.15) is 10.4 Å². The molecule has 0 atom stereocenters. The Morgan fingerprint density at radius 2 is 1.74 bits per heavy atom. The van der Waals surface area contributed by atoms with Crippen LogP contribution in [0.5, 0.6) is 11.5 Å². The molecule has 1 heterocycles. The van der Waals surface area contributed by atoms with Crippen molar-refractivity contribution in [1.29, 1.82) is 0 Å². The number of fused-ring (bicyclic) bond motifs is 1. The maximum Gasteiger partial charge on any atom is 0.235 e. The first-order chi connectivity index (χ1) is 15.0. The van der Waals surface area contributed by atoms with E-state index < -0.39 is 23.6 Å². The summed E-state index contributed by atoms with van der Waals surface area (Å²) in [6.07, 6.45) is 0. The van der Waals surface area contributed by atoms with Crippen LogP contribution in [0.15, 0.2) is 75.9 Å². The van der Waals surface area contributed by atoms with Crippen molar-refractivity contribution in [2.75, 3.05) is 13.7 Å². The lowest BCUT2D eigenvalue weighted by Crippen LogP contribution is -2.17. The first-order valence-corrected chi connectivity index (χ1v) is 9.66. The smallest absolute Gasteiger partial charge is 0.235 e. The van der Waals surface area contributed by atoms with Crippen LogP contribution in [-0.2, 0) is 0 Å². The molecule has 4 rings (SSSR count). The Labute approximate surface area is 181 Å². The van der Waals surface area contributed by atoms with Gasteiger partial charge in [0, 0.05) is 16.1 Å². The Hall–Kier alpha value is -3.64. The number of carbonyl (C=O) groups is 1. The quantitative estimate of drug-likeness (QED) is 0.371. The fourth-order valence-electron chi connectivity index (χ4n) is 3.07. The first-order valence-electron chi connectivity index (χ1n) is 9.28. The van der Waals surface area contributed by atoms with E-state index in [0.717, 1.165) is 0 Å². The summed E-state index contributed by atoms with van der Waals surface area (Å²) in [7, 11) is 1.55. The molecule has 0 bridgehead atoms. The van der Waals surface area contributed by atoms with Gasteiger partial charge in [-0.05, 0) is 66.7 Å². The highest BCUT2D eigenvalue weighted by Gasteiger charge is 2.20. The monoisotopic (exact) mass is 438 g/mol. The van der Waals surface area contributed by atoms with Crippen molar-refractivity contribution in [2.45, 2.75) is 0 Å². The Morgan fingerprint density at radius 3 is 2.42 bits per heavy atom. The number of ketones is 1. The zero-order valence-corrected chi connectivity index (χ0v) is 17.1. The van der Waals surface area contributed by atoms with Gasteiger partial charge in [0.15, 0.2) is 18.2 Å². The summed E-state index contributed by atoms with van der Waals surface area (Å²) in [5.41, 5.74) is 0.707. The van der Waals surface area contributed by atoms with Gasteiger partial charge in [0.25, 0.3) is 0 Å². The molecule has 7 heteroatoms. The predicted octanol–water partition coefficient (Wildman–Crippen LogP) is 5.52. The number of benzene rings is 3. The Balaban J connectivity index is 1.77. The third-order valence-corrected chi connectivity index (χ3v) is 4.91. The van der Waals surface area contributed by atoms with Crippen LogP contribution in [-0.4, -0.2) is 19.5 Å². The van der Waals surface area contributed by atoms with Gasteiger partial charge >= 0.3 is 0 Å². The number of methoxy groups -OCH3 is 1. The van der Waals surface area contributed by atoms with E-state index in [-0.39, 0.29) is 22.5 Å². The van der Waals surface area contributed by atoms with Crippen LogP contribution in [0, 0.1) is 5.82 Å². The second kappa shape index (κ2) is 8.62. The molecular formula is C24H16ClFO5. The number of hydrogen-bond acceptors (Lipinski definition) is 5. The summed E-state index contributed by atoms with van der Waals surface area (Å²) in [4.78, 5) is 25.6. The number of Topliss-reactive ketones (excluding diaryl/α,β-unsaturated/α-hetero) is 1. The molecule has 0 spiro atoms. The molecule has 0 aliphatic carbocycles. The van der Waals surface area contributed by atoms with E-state index in [4.69, 9.17) is 25.5 Å². The molecule has 0 aliphatic heterocycles. The summed E-state index contributed by atoms with van der Waals surface area (Å²) < 4.78 is 29.9. The minimum atomic E-state index is -0.457. The SMILES string of the molecule is COc1ccc(-c2oc3ccc(Cl)cc3c(=O)c2OCC(=O)c2ccc(F)cc2)cc1. The van der Waals surface area contributed by atoms with E-state index in [9.17, 15) is 14.0 Å². The summed E-state index contributed by atoms with van der Waals surface area (Å²) in [5, 5.41) is 0.597. The molecule has 0 fully saturated rings. The molecule has 1 aromatic heterocycles. The van der Waals surface area contributed by atoms with Gasteiger partial charge in [0.1, 0.15) is 17.1 Å².